The van der Waals surface area contributed by atoms with Crippen molar-refractivity contribution in [2.45, 2.75) is 58.8 Å². The van der Waals surface area contributed by atoms with Crippen LogP contribution >= 0.6 is 0 Å². The highest BCUT2D eigenvalue weighted by atomic mass is 16.6. The van der Waals surface area contributed by atoms with Crippen LogP contribution in [-0.2, 0) is 14.3 Å². The first kappa shape index (κ1) is 18.7. The van der Waals surface area contributed by atoms with E-state index in [0.717, 1.165) is 0 Å². The number of hydrogen-bond donors (Lipinski definition) is 0. The molecule has 1 heterocycles. The predicted molar refractivity (Wildman–Crippen MR) is 90.6 cm³/mol. The van der Waals surface area contributed by atoms with Gasteiger partial charge in [0.1, 0.15) is 11.8 Å². The lowest BCUT2D eigenvalue weighted by Crippen LogP contribution is -2.53. The number of hydrogen-bond acceptors (Lipinski definition) is 6. The van der Waals surface area contributed by atoms with Crippen LogP contribution in [0.3, 0.4) is 0 Å². The van der Waals surface area contributed by atoms with E-state index in [-0.39, 0.29) is 17.5 Å². The van der Waals surface area contributed by atoms with E-state index in [1.807, 2.05) is 0 Å². The molecule has 0 N–H and O–H groups in total. The van der Waals surface area contributed by atoms with Crippen LogP contribution in [-0.4, -0.2) is 35.0 Å². The smallest absolute Gasteiger partial charge is 0.329 e. The van der Waals surface area contributed by atoms with E-state index in [9.17, 15) is 19.7 Å². The third kappa shape index (κ3) is 3.72. The van der Waals surface area contributed by atoms with Gasteiger partial charge in [-0.15, -0.1) is 0 Å². The van der Waals surface area contributed by atoms with Crippen molar-refractivity contribution in [1.29, 1.82) is 0 Å². The maximum Gasteiger partial charge on any atom is 0.329 e. The number of anilines is 1. The molecule has 0 spiro atoms. The van der Waals surface area contributed by atoms with Gasteiger partial charge in [0.25, 0.3) is 11.6 Å². The predicted octanol–water partition coefficient (Wildman–Crippen LogP) is 2.83. The van der Waals surface area contributed by atoms with Crippen LogP contribution in [0.2, 0.25) is 0 Å². The minimum absolute atomic E-state index is 0.179. The lowest BCUT2D eigenvalue weighted by Gasteiger charge is -2.37. The van der Waals surface area contributed by atoms with E-state index >= 15 is 0 Å². The highest BCUT2D eigenvalue weighted by Gasteiger charge is 2.41. The van der Waals surface area contributed by atoms with Crippen LogP contribution in [0.4, 0.5) is 11.4 Å². The molecular weight excluding hydrogens is 328 g/mol. The molecule has 0 bridgehead atoms. The molecule has 1 aromatic rings. The van der Waals surface area contributed by atoms with Crippen LogP contribution in [0.1, 0.15) is 40.5 Å². The first-order valence-corrected chi connectivity index (χ1v) is 8.28. The fourth-order valence-corrected chi connectivity index (χ4v) is 2.73. The van der Waals surface area contributed by atoms with Crippen molar-refractivity contribution in [3.8, 4) is 5.75 Å². The molecule has 0 aromatic heterocycles. The van der Waals surface area contributed by atoms with Crippen LogP contribution in [0.15, 0.2) is 18.2 Å². The Hall–Kier alpha value is -2.64. The molecule has 2 rings (SSSR count). The van der Waals surface area contributed by atoms with Crippen molar-refractivity contribution in [3.63, 3.8) is 0 Å². The van der Waals surface area contributed by atoms with Crippen molar-refractivity contribution in [2.75, 3.05) is 4.90 Å². The van der Waals surface area contributed by atoms with Gasteiger partial charge >= 0.3 is 5.97 Å². The zero-order chi connectivity index (χ0) is 18.7. The summed E-state index contributed by atoms with van der Waals surface area (Å²) in [6, 6.07) is 3.15. The highest BCUT2D eigenvalue weighted by Crippen LogP contribution is 2.39. The third-order valence-electron chi connectivity index (χ3n) is 3.89. The van der Waals surface area contributed by atoms with E-state index in [1.165, 1.54) is 23.1 Å². The number of esters is 1. The van der Waals surface area contributed by atoms with E-state index in [1.54, 1.807) is 27.7 Å². The summed E-state index contributed by atoms with van der Waals surface area (Å²) in [5.74, 6) is -0.601. The van der Waals surface area contributed by atoms with Crippen molar-refractivity contribution in [2.24, 2.45) is 0 Å². The number of rotatable bonds is 6. The van der Waals surface area contributed by atoms with Crippen molar-refractivity contribution in [1.82, 2.24) is 0 Å². The summed E-state index contributed by atoms with van der Waals surface area (Å²) < 4.78 is 10.9. The van der Waals surface area contributed by atoms with Gasteiger partial charge in [0, 0.05) is 12.1 Å². The number of carbonyl (C=O) groups is 2. The molecule has 8 heteroatoms. The Kier molecular flexibility index (Phi) is 5.61. The molecule has 1 amide bonds. The summed E-state index contributed by atoms with van der Waals surface area (Å²) in [5, 5.41) is 11.1. The molecule has 0 saturated carbocycles. The zero-order valence-corrected chi connectivity index (χ0v) is 14.7. The van der Waals surface area contributed by atoms with Gasteiger partial charge < -0.3 is 9.47 Å². The topological polar surface area (TPSA) is 99.0 Å². The molecule has 2 atom stereocenters. The molecule has 0 aliphatic carbocycles. The maximum absolute atomic E-state index is 12.8. The second-order valence-corrected chi connectivity index (χ2v) is 6.04. The van der Waals surface area contributed by atoms with Crippen molar-refractivity contribution < 1.29 is 24.0 Å². The van der Waals surface area contributed by atoms with E-state index in [0.29, 0.717) is 18.6 Å². The van der Waals surface area contributed by atoms with E-state index < -0.39 is 28.9 Å². The molecule has 0 radical (unpaired) electrons. The highest BCUT2D eigenvalue weighted by molar-refractivity contribution is 6.04. The van der Waals surface area contributed by atoms with E-state index in [4.69, 9.17) is 9.47 Å². The van der Waals surface area contributed by atoms with Crippen molar-refractivity contribution in [3.05, 3.63) is 28.3 Å². The number of non-ortho nitro benzene ring substituents is 1. The normalized spacial score (nSPS) is 17.7. The van der Waals surface area contributed by atoms with Gasteiger partial charge in [0.2, 0.25) is 0 Å². The largest absolute Gasteiger partial charge is 0.478 e. The summed E-state index contributed by atoms with van der Waals surface area (Å²) in [6.07, 6.45) is -0.337. The van der Waals surface area contributed by atoms with Crippen LogP contribution in [0.25, 0.3) is 0 Å². The second-order valence-electron chi connectivity index (χ2n) is 6.04. The van der Waals surface area contributed by atoms with Gasteiger partial charge in [-0.25, -0.2) is 4.79 Å². The first-order chi connectivity index (χ1) is 11.8. The first-order valence-electron chi connectivity index (χ1n) is 8.28. The number of fused-ring (bicyclic) bond motifs is 1. The summed E-state index contributed by atoms with van der Waals surface area (Å²) in [4.78, 5) is 37.1. The summed E-state index contributed by atoms with van der Waals surface area (Å²) >= 11 is 0. The molecule has 25 heavy (non-hydrogen) atoms. The summed E-state index contributed by atoms with van der Waals surface area (Å²) in [6.45, 7) is 7.00. The molecule has 136 valence electrons. The van der Waals surface area contributed by atoms with Crippen LogP contribution < -0.4 is 9.64 Å². The number of ether oxygens (including phenoxy) is 2. The molecule has 0 saturated heterocycles. The Labute approximate surface area is 145 Å². The average molecular weight is 350 g/mol. The van der Waals surface area contributed by atoms with Gasteiger partial charge in [0.05, 0.1) is 16.7 Å². The SMILES string of the molecule is CCC1Oc2ccc([N+](=O)[O-])cc2N(C(CC)C(=O)OC(C)C)C1=O. The third-order valence-corrected chi connectivity index (χ3v) is 3.89. The van der Waals surface area contributed by atoms with E-state index in [2.05, 4.69) is 0 Å². The Bertz CT molecular complexity index is 688. The quantitative estimate of drug-likeness (QED) is 0.444. The average Bonchev–Trinajstić information content (AvgIpc) is 2.55. The molecule has 1 aliphatic rings. The number of carbonyl (C=O) groups excluding carboxylic acids is 2. The Balaban J connectivity index is 2.53. The summed E-state index contributed by atoms with van der Waals surface area (Å²) in [5.41, 5.74) is 0.0404. The molecule has 2 unspecified atom stereocenters. The Morgan fingerprint density at radius 3 is 2.60 bits per heavy atom. The maximum atomic E-state index is 12.8. The number of amides is 1. The Morgan fingerprint density at radius 1 is 1.40 bits per heavy atom. The number of nitro benzene ring substituents is 1. The van der Waals surface area contributed by atoms with Gasteiger partial charge in [0.15, 0.2) is 6.10 Å². The minimum atomic E-state index is -0.867. The standard InChI is InChI=1S/C17H22N2O6/c1-5-12(17(21)24-10(3)4)18-13-9-11(19(22)23)7-8-15(13)25-14(6-2)16(18)20/h7-10,12,14H,5-6H2,1-4H3. The van der Waals surface area contributed by atoms with Gasteiger partial charge in [-0.2, -0.15) is 0 Å². The van der Waals surface area contributed by atoms with Gasteiger partial charge in [-0.05, 0) is 32.8 Å². The molecule has 1 aromatic carbocycles. The lowest BCUT2D eigenvalue weighted by atomic mass is 10.1. The van der Waals surface area contributed by atoms with Gasteiger partial charge in [-0.1, -0.05) is 13.8 Å². The minimum Gasteiger partial charge on any atom is -0.478 e. The fourth-order valence-electron chi connectivity index (χ4n) is 2.73. The number of nitro groups is 1. The number of benzene rings is 1. The fraction of sp³-hybridized carbons (Fsp3) is 0.529. The Morgan fingerprint density at radius 2 is 2.08 bits per heavy atom. The van der Waals surface area contributed by atoms with Crippen molar-refractivity contribution >= 4 is 23.3 Å². The molecule has 1 aliphatic heterocycles. The molecule has 0 fully saturated rings. The molecular formula is C17H22N2O6. The van der Waals surface area contributed by atoms with Gasteiger partial charge in [-0.3, -0.25) is 19.8 Å². The number of nitrogens with zero attached hydrogens (tertiary/aromatic N) is 2. The summed E-state index contributed by atoms with van der Waals surface area (Å²) in [7, 11) is 0. The van der Waals surface area contributed by atoms with Crippen LogP contribution in [0, 0.1) is 10.1 Å². The zero-order valence-electron chi connectivity index (χ0n) is 14.7. The molecule has 8 nitrogen and oxygen atoms in total. The lowest BCUT2D eigenvalue weighted by molar-refractivity contribution is -0.384. The monoisotopic (exact) mass is 350 g/mol. The second kappa shape index (κ2) is 7.50. The van der Waals surface area contributed by atoms with Crippen LogP contribution in [0.5, 0.6) is 5.75 Å².